The number of nitrogens with zero attached hydrogens (tertiary/aromatic N) is 7. The number of aryl methyl sites for hydroxylation is 1. The first-order valence-corrected chi connectivity index (χ1v) is 9.08. The second-order valence-corrected chi connectivity index (χ2v) is 6.29. The maximum atomic E-state index is 4.58. The molecule has 1 aliphatic heterocycles. The van der Waals surface area contributed by atoms with Gasteiger partial charge < -0.3 is 15.1 Å². The number of aliphatic imine (C=N–C) groups is 1. The average Bonchev–Trinajstić information content (AvgIpc) is 3.30. The highest BCUT2D eigenvalue weighted by Crippen LogP contribution is 2.19. The molecule has 0 aliphatic carbocycles. The van der Waals surface area contributed by atoms with Gasteiger partial charge in [-0.25, -0.2) is 4.98 Å². The average molecular weight is 476 g/mol. The Kier molecular flexibility index (Phi) is 7.88. The number of hydrogen-bond donors (Lipinski definition) is 1. The van der Waals surface area contributed by atoms with Gasteiger partial charge in [0.1, 0.15) is 5.82 Å². The molecule has 0 radical (unpaired) electrons. The van der Waals surface area contributed by atoms with Crippen molar-refractivity contribution in [2.75, 3.05) is 44.7 Å². The molecule has 3 rings (SSSR count). The standard InChI is InChI=1S/C15H24N8S.HI/c1-3-13-19-15(24-20-13)22-11-9-21(10-12-22)14(16-2)17-6-8-23-7-4-5-18-23;/h4-5,7H,3,6,8-12H2,1-2H3,(H,16,17);1H. The van der Waals surface area contributed by atoms with Gasteiger partial charge in [-0.1, -0.05) is 6.92 Å². The number of piperazine rings is 1. The van der Waals surface area contributed by atoms with Gasteiger partial charge in [0, 0.05) is 70.1 Å². The van der Waals surface area contributed by atoms with Gasteiger partial charge in [0.05, 0.1) is 6.54 Å². The number of hydrogen-bond acceptors (Lipinski definition) is 6. The van der Waals surface area contributed by atoms with E-state index in [9.17, 15) is 0 Å². The third kappa shape index (κ3) is 5.27. The summed E-state index contributed by atoms with van der Waals surface area (Å²) in [5.41, 5.74) is 0. The molecule has 0 bridgehead atoms. The molecule has 1 saturated heterocycles. The van der Waals surface area contributed by atoms with E-state index in [4.69, 9.17) is 0 Å². The van der Waals surface area contributed by atoms with E-state index in [2.05, 4.69) is 41.5 Å². The lowest BCUT2D eigenvalue weighted by atomic mass is 10.3. The fourth-order valence-electron chi connectivity index (χ4n) is 2.67. The molecule has 1 aliphatic rings. The smallest absolute Gasteiger partial charge is 0.205 e. The molecule has 1 fully saturated rings. The lowest BCUT2D eigenvalue weighted by Gasteiger charge is -2.36. The van der Waals surface area contributed by atoms with Gasteiger partial charge in [-0.05, 0) is 6.07 Å². The summed E-state index contributed by atoms with van der Waals surface area (Å²) in [6.45, 7) is 7.48. The fraction of sp³-hybridized carbons (Fsp3) is 0.600. The number of nitrogens with one attached hydrogen (secondary N) is 1. The topological polar surface area (TPSA) is 74.5 Å². The van der Waals surface area contributed by atoms with Crippen molar-refractivity contribution in [3.8, 4) is 0 Å². The van der Waals surface area contributed by atoms with Gasteiger partial charge in [0.15, 0.2) is 5.96 Å². The van der Waals surface area contributed by atoms with Gasteiger partial charge in [0.2, 0.25) is 5.13 Å². The molecule has 3 heterocycles. The summed E-state index contributed by atoms with van der Waals surface area (Å²) in [6, 6.07) is 1.94. The fourth-order valence-corrected chi connectivity index (χ4v) is 3.47. The molecule has 0 unspecified atom stereocenters. The summed E-state index contributed by atoms with van der Waals surface area (Å²) < 4.78 is 6.29. The SMILES string of the molecule is CCc1nsc(N2CCN(C(=NC)NCCn3cccn3)CC2)n1.I. The van der Waals surface area contributed by atoms with E-state index in [0.717, 1.165) is 62.6 Å². The van der Waals surface area contributed by atoms with Crippen molar-refractivity contribution in [2.24, 2.45) is 4.99 Å². The van der Waals surface area contributed by atoms with Crippen LogP contribution in [0.5, 0.6) is 0 Å². The summed E-state index contributed by atoms with van der Waals surface area (Å²) >= 11 is 1.50. The highest BCUT2D eigenvalue weighted by atomic mass is 127. The molecule has 0 atom stereocenters. The maximum absolute atomic E-state index is 4.58. The van der Waals surface area contributed by atoms with Gasteiger partial charge in [0.25, 0.3) is 0 Å². The molecular formula is C15H25IN8S. The van der Waals surface area contributed by atoms with E-state index in [1.54, 1.807) is 6.20 Å². The first kappa shape index (κ1) is 19.9. The Morgan fingerprint density at radius 3 is 2.72 bits per heavy atom. The Hall–Kier alpha value is -1.43. The lowest BCUT2D eigenvalue weighted by Crippen LogP contribution is -2.53. The van der Waals surface area contributed by atoms with E-state index in [1.807, 2.05) is 24.0 Å². The minimum Gasteiger partial charge on any atom is -0.354 e. The third-order valence-electron chi connectivity index (χ3n) is 4.02. The van der Waals surface area contributed by atoms with Crippen molar-refractivity contribution in [2.45, 2.75) is 19.9 Å². The van der Waals surface area contributed by atoms with Crippen LogP contribution in [0, 0.1) is 0 Å². The van der Waals surface area contributed by atoms with Crippen LogP contribution in [-0.2, 0) is 13.0 Å². The first-order valence-electron chi connectivity index (χ1n) is 8.30. The van der Waals surface area contributed by atoms with Crippen LogP contribution in [0.4, 0.5) is 5.13 Å². The summed E-state index contributed by atoms with van der Waals surface area (Å²) in [5, 5.41) is 8.66. The van der Waals surface area contributed by atoms with Crippen LogP contribution in [0.2, 0.25) is 0 Å². The summed E-state index contributed by atoms with van der Waals surface area (Å²) in [4.78, 5) is 13.6. The molecule has 25 heavy (non-hydrogen) atoms. The molecule has 2 aromatic heterocycles. The van der Waals surface area contributed by atoms with E-state index in [1.165, 1.54) is 11.5 Å². The molecule has 10 heteroatoms. The van der Waals surface area contributed by atoms with Gasteiger partial charge in [-0.2, -0.15) is 9.47 Å². The lowest BCUT2D eigenvalue weighted by molar-refractivity contribution is 0.371. The number of anilines is 1. The molecule has 0 saturated carbocycles. The number of guanidine groups is 1. The minimum atomic E-state index is 0. The largest absolute Gasteiger partial charge is 0.354 e. The Labute approximate surface area is 169 Å². The predicted octanol–water partition coefficient (Wildman–Crippen LogP) is 1.31. The molecular weight excluding hydrogens is 451 g/mol. The number of aromatic nitrogens is 4. The highest BCUT2D eigenvalue weighted by Gasteiger charge is 2.21. The zero-order valence-corrected chi connectivity index (χ0v) is 17.8. The van der Waals surface area contributed by atoms with Crippen molar-refractivity contribution in [3.63, 3.8) is 0 Å². The van der Waals surface area contributed by atoms with Crippen LogP contribution < -0.4 is 10.2 Å². The van der Waals surface area contributed by atoms with Crippen molar-refractivity contribution >= 4 is 46.6 Å². The normalized spacial score (nSPS) is 15.2. The molecule has 8 nitrogen and oxygen atoms in total. The Morgan fingerprint density at radius 1 is 1.32 bits per heavy atom. The van der Waals surface area contributed by atoms with E-state index < -0.39 is 0 Å². The Morgan fingerprint density at radius 2 is 2.12 bits per heavy atom. The second-order valence-electron chi connectivity index (χ2n) is 5.56. The third-order valence-corrected chi connectivity index (χ3v) is 4.83. The van der Waals surface area contributed by atoms with Crippen molar-refractivity contribution < 1.29 is 0 Å². The maximum Gasteiger partial charge on any atom is 0.205 e. The van der Waals surface area contributed by atoms with Crippen LogP contribution in [0.1, 0.15) is 12.7 Å². The van der Waals surface area contributed by atoms with Crippen molar-refractivity contribution in [1.82, 2.24) is 29.4 Å². The van der Waals surface area contributed by atoms with Crippen molar-refractivity contribution in [3.05, 3.63) is 24.3 Å². The summed E-state index contributed by atoms with van der Waals surface area (Å²) in [7, 11) is 1.83. The molecule has 1 N–H and O–H groups in total. The second kappa shape index (κ2) is 9.90. The monoisotopic (exact) mass is 476 g/mol. The van der Waals surface area contributed by atoms with Crippen molar-refractivity contribution in [1.29, 1.82) is 0 Å². The molecule has 2 aromatic rings. The van der Waals surface area contributed by atoms with Gasteiger partial charge in [-0.15, -0.1) is 24.0 Å². The van der Waals surface area contributed by atoms with E-state index in [0.29, 0.717) is 0 Å². The van der Waals surface area contributed by atoms with E-state index in [-0.39, 0.29) is 24.0 Å². The number of halogens is 1. The zero-order valence-electron chi connectivity index (χ0n) is 14.6. The zero-order chi connectivity index (χ0) is 16.8. The number of rotatable bonds is 5. The highest BCUT2D eigenvalue weighted by molar-refractivity contribution is 14.0. The van der Waals surface area contributed by atoms with Gasteiger partial charge in [-0.3, -0.25) is 9.67 Å². The van der Waals surface area contributed by atoms with Crippen LogP contribution >= 0.6 is 35.5 Å². The molecule has 0 spiro atoms. The summed E-state index contributed by atoms with van der Waals surface area (Å²) in [6.07, 6.45) is 4.66. The quantitative estimate of drug-likeness (QED) is 0.399. The van der Waals surface area contributed by atoms with Crippen LogP contribution in [0.15, 0.2) is 23.5 Å². The van der Waals surface area contributed by atoms with Crippen LogP contribution in [0.3, 0.4) is 0 Å². The Balaban J connectivity index is 0.00000225. The van der Waals surface area contributed by atoms with Crippen LogP contribution in [0.25, 0.3) is 0 Å². The Bertz CT molecular complexity index is 648. The minimum absolute atomic E-state index is 0. The predicted molar refractivity (Wildman–Crippen MR) is 112 cm³/mol. The molecule has 138 valence electrons. The summed E-state index contributed by atoms with van der Waals surface area (Å²) in [5.74, 6) is 1.89. The first-order chi connectivity index (χ1) is 11.8. The molecule has 0 amide bonds. The van der Waals surface area contributed by atoms with E-state index >= 15 is 0 Å². The van der Waals surface area contributed by atoms with Gasteiger partial charge >= 0.3 is 0 Å². The van der Waals surface area contributed by atoms with Crippen LogP contribution in [-0.4, -0.2) is 69.8 Å². The molecule has 0 aromatic carbocycles.